The lowest BCUT2D eigenvalue weighted by Gasteiger charge is -2.35. The Hall–Kier alpha value is -4.02. The van der Waals surface area contributed by atoms with Gasteiger partial charge in [0.15, 0.2) is 5.69 Å². The summed E-state index contributed by atoms with van der Waals surface area (Å²) in [5, 5.41) is 11.5. The highest BCUT2D eigenvalue weighted by Gasteiger charge is 2.39. The van der Waals surface area contributed by atoms with Gasteiger partial charge in [-0.25, -0.2) is 14.6 Å². The van der Waals surface area contributed by atoms with Crippen LogP contribution in [-0.2, 0) is 11.2 Å². The number of hydrogen-bond acceptors (Lipinski definition) is 6. The lowest BCUT2D eigenvalue weighted by atomic mass is 10.0. The van der Waals surface area contributed by atoms with Crippen LogP contribution in [0, 0.1) is 5.92 Å². The van der Waals surface area contributed by atoms with Crippen LogP contribution in [0.3, 0.4) is 0 Å². The Labute approximate surface area is 255 Å². The summed E-state index contributed by atoms with van der Waals surface area (Å²) in [5.74, 6) is -1.49. The van der Waals surface area contributed by atoms with E-state index < -0.39 is 30.0 Å². The number of aromatic amines is 1. The Balaban J connectivity index is 1.67. The van der Waals surface area contributed by atoms with Crippen molar-refractivity contribution in [3.05, 3.63) is 77.1 Å². The quantitative estimate of drug-likeness (QED) is 0.201. The average Bonchev–Trinajstić information content (AvgIpc) is 3.52. The summed E-state index contributed by atoms with van der Waals surface area (Å²) in [6, 6.07) is 14.9. The molecular weight excluding hydrogens is 562 g/mol. The number of carbonyl (C=O) groups excluding carboxylic acids is 2. The standard InChI is InChI=1S/C33H39N5O4S/c1-21(2)18-25(34)31(39)38(33(42)37-16-10-3-4-11-17-37)27(19-23-20-35-26-15-9-8-14-24(23)26)30-36-28(32(40)41)29(43-30)22-12-6-5-7-13-22/h5-9,12-15,20-21,25,27,35H,3-4,10-11,16-19,34H2,1-2H3,(H,40,41)/t25-,27+/m0/s1. The molecule has 2 aromatic carbocycles. The summed E-state index contributed by atoms with van der Waals surface area (Å²) in [6.07, 6.45) is 6.32. The molecule has 3 amide bonds. The Bertz CT molecular complexity index is 1570. The normalized spacial score (nSPS) is 15.3. The molecule has 0 unspecified atom stereocenters. The maximum absolute atomic E-state index is 14.4. The Morgan fingerprint density at radius 1 is 1.02 bits per heavy atom. The van der Waals surface area contributed by atoms with Gasteiger partial charge in [-0.15, -0.1) is 11.3 Å². The molecule has 4 aromatic rings. The Morgan fingerprint density at radius 3 is 2.37 bits per heavy atom. The van der Waals surface area contributed by atoms with Crippen LogP contribution in [0.1, 0.15) is 73.1 Å². The zero-order valence-electron chi connectivity index (χ0n) is 24.7. The minimum atomic E-state index is -1.17. The number of benzene rings is 2. The van der Waals surface area contributed by atoms with E-state index in [2.05, 4.69) is 9.97 Å². The number of para-hydroxylation sites is 1. The minimum Gasteiger partial charge on any atom is -0.476 e. The molecule has 1 aliphatic rings. The molecule has 43 heavy (non-hydrogen) atoms. The van der Waals surface area contributed by atoms with E-state index >= 15 is 0 Å². The van der Waals surface area contributed by atoms with Gasteiger partial charge < -0.3 is 20.7 Å². The predicted molar refractivity (Wildman–Crippen MR) is 169 cm³/mol. The number of fused-ring (bicyclic) bond motifs is 1. The average molecular weight is 602 g/mol. The van der Waals surface area contributed by atoms with Crippen molar-refractivity contribution in [3.8, 4) is 10.4 Å². The van der Waals surface area contributed by atoms with Crippen molar-refractivity contribution in [2.24, 2.45) is 11.7 Å². The molecule has 0 bridgehead atoms. The molecule has 4 N–H and O–H groups in total. The maximum atomic E-state index is 14.4. The first-order chi connectivity index (χ1) is 20.7. The van der Waals surface area contributed by atoms with Crippen LogP contribution in [0.2, 0.25) is 0 Å². The van der Waals surface area contributed by atoms with Crippen LogP contribution in [0.4, 0.5) is 4.79 Å². The molecule has 0 spiro atoms. The molecule has 2 aromatic heterocycles. The number of aromatic carboxylic acids is 1. The topological polar surface area (TPSA) is 133 Å². The van der Waals surface area contributed by atoms with Crippen molar-refractivity contribution in [1.29, 1.82) is 0 Å². The maximum Gasteiger partial charge on any atom is 0.356 e. The molecule has 10 heteroatoms. The zero-order chi connectivity index (χ0) is 30.5. The second kappa shape index (κ2) is 13.5. The van der Waals surface area contributed by atoms with Crippen molar-refractivity contribution in [2.75, 3.05) is 13.1 Å². The first-order valence-corrected chi connectivity index (χ1v) is 15.8. The Kier molecular flexibility index (Phi) is 9.57. The van der Waals surface area contributed by atoms with E-state index in [0.717, 1.165) is 42.1 Å². The number of thiazole rings is 1. The first kappa shape index (κ1) is 30.4. The number of hydrogen-bond donors (Lipinski definition) is 3. The molecule has 0 aliphatic carbocycles. The number of amides is 3. The number of carbonyl (C=O) groups is 3. The summed E-state index contributed by atoms with van der Waals surface area (Å²) >= 11 is 1.21. The molecule has 2 atom stereocenters. The van der Waals surface area contributed by atoms with Crippen LogP contribution in [0.15, 0.2) is 60.8 Å². The summed E-state index contributed by atoms with van der Waals surface area (Å²) in [6.45, 7) is 5.08. The fraction of sp³-hybridized carbons (Fsp3) is 0.394. The molecule has 226 valence electrons. The number of urea groups is 1. The zero-order valence-corrected chi connectivity index (χ0v) is 25.5. The molecule has 1 fully saturated rings. The van der Waals surface area contributed by atoms with E-state index in [1.54, 1.807) is 4.90 Å². The summed E-state index contributed by atoms with van der Waals surface area (Å²) in [4.78, 5) is 52.5. The van der Waals surface area contributed by atoms with E-state index in [1.807, 2.05) is 74.6 Å². The van der Waals surface area contributed by atoms with Gasteiger partial charge in [-0.05, 0) is 42.4 Å². The fourth-order valence-corrected chi connectivity index (χ4v) is 6.94. The number of nitrogens with zero attached hydrogens (tertiary/aromatic N) is 3. The highest BCUT2D eigenvalue weighted by Crippen LogP contribution is 2.38. The third kappa shape index (κ3) is 6.81. The van der Waals surface area contributed by atoms with Gasteiger partial charge in [-0.3, -0.25) is 9.69 Å². The number of imide groups is 1. The van der Waals surface area contributed by atoms with E-state index in [-0.39, 0.29) is 18.0 Å². The molecule has 1 aliphatic heterocycles. The van der Waals surface area contributed by atoms with Crippen molar-refractivity contribution >= 4 is 40.1 Å². The number of carboxylic acid groups (broad SMARTS) is 1. The van der Waals surface area contributed by atoms with Crippen molar-refractivity contribution in [2.45, 2.75) is 64.5 Å². The van der Waals surface area contributed by atoms with E-state index in [0.29, 0.717) is 35.0 Å². The van der Waals surface area contributed by atoms with Crippen LogP contribution in [0.25, 0.3) is 21.3 Å². The van der Waals surface area contributed by atoms with Gasteiger partial charge >= 0.3 is 12.0 Å². The first-order valence-electron chi connectivity index (χ1n) is 15.0. The van der Waals surface area contributed by atoms with Gasteiger partial charge in [0.1, 0.15) is 5.01 Å². The summed E-state index contributed by atoms with van der Waals surface area (Å²) < 4.78 is 0. The molecule has 1 saturated heterocycles. The third-order valence-corrected chi connectivity index (χ3v) is 9.14. The highest BCUT2D eigenvalue weighted by molar-refractivity contribution is 7.15. The minimum absolute atomic E-state index is 0.101. The lowest BCUT2D eigenvalue weighted by Crippen LogP contribution is -2.54. The molecule has 3 heterocycles. The van der Waals surface area contributed by atoms with Crippen LogP contribution < -0.4 is 5.73 Å². The molecular formula is C33H39N5O4S. The van der Waals surface area contributed by atoms with Gasteiger partial charge in [0.25, 0.3) is 0 Å². The number of aromatic nitrogens is 2. The highest BCUT2D eigenvalue weighted by atomic mass is 32.1. The van der Waals surface area contributed by atoms with Gasteiger partial charge in [-0.1, -0.05) is 75.2 Å². The number of likely N-dealkylation sites (tertiary alicyclic amines) is 1. The monoisotopic (exact) mass is 601 g/mol. The molecule has 5 rings (SSSR count). The second-order valence-corrected chi connectivity index (χ2v) is 12.6. The van der Waals surface area contributed by atoms with Crippen molar-refractivity contribution in [1.82, 2.24) is 19.8 Å². The number of nitrogens with one attached hydrogen (secondary N) is 1. The second-order valence-electron chi connectivity index (χ2n) is 11.6. The summed E-state index contributed by atoms with van der Waals surface area (Å²) in [5.41, 5.74) is 8.93. The third-order valence-electron chi connectivity index (χ3n) is 7.93. The Morgan fingerprint density at radius 2 is 1.70 bits per heavy atom. The predicted octanol–water partition coefficient (Wildman–Crippen LogP) is 6.47. The molecule has 0 radical (unpaired) electrons. The van der Waals surface area contributed by atoms with Gasteiger partial charge in [0, 0.05) is 36.6 Å². The molecule has 0 saturated carbocycles. The van der Waals surface area contributed by atoms with Crippen LogP contribution in [-0.4, -0.2) is 61.9 Å². The number of carboxylic acids is 1. The van der Waals surface area contributed by atoms with E-state index in [4.69, 9.17) is 5.73 Å². The van der Waals surface area contributed by atoms with Crippen molar-refractivity contribution in [3.63, 3.8) is 0 Å². The van der Waals surface area contributed by atoms with Gasteiger partial charge in [-0.2, -0.15) is 0 Å². The lowest BCUT2D eigenvalue weighted by molar-refractivity contribution is -0.132. The summed E-state index contributed by atoms with van der Waals surface area (Å²) in [7, 11) is 0. The smallest absolute Gasteiger partial charge is 0.356 e. The number of rotatable bonds is 9. The van der Waals surface area contributed by atoms with Gasteiger partial charge in [0.05, 0.1) is 17.0 Å². The number of H-pyrrole nitrogens is 1. The van der Waals surface area contributed by atoms with Crippen LogP contribution in [0.5, 0.6) is 0 Å². The van der Waals surface area contributed by atoms with Crippen molar-refractivity contribution < 1.29 is 19.5 Å². The SMILES string of the molecule is CC(C)C[C@H](N)C(=O)N(C(=O)N1CCCCCC1)[C@H](Cc1c[nH]c2ccccc12)c1nc(C(=O)O)c(-c2ccccc2)s1. The number of nitrogens with two attached hydrogens (primary N) is 1. The molecule has 9 nitrogen and oxygen atoms in total. The van der Waals surface area contributed by atoms with E-state index in [9.17, 15) is 19.5 Å². The fourth-order valence-electron chi connectivity index (χ4n) is 5.79. The largest absolute Gasteiger partial charge is 0.476 e. The van der Waals surface area contributed by atoms with Crippen LogP contribution >= 0.6 is 11.3 Å². The van der Waals surface area contributed by atoms with E-state index in [1.165, 1.54) is 16.2 Å². The van der Waals surface area contributed by atoms with Gasteiger partial charge in [0.2, 0.25) is 5.91 Å².